The van der Waals surface area contributed by atoms with Crippen molar-refractivity contribution in [2.24, 2.45) is 11.8 Å². The molecule has 1 rings (SSSR count). The molecule has 0 aromatic heterocycles. The fourth-order valence-corrected chi connectivity index (χ4v) is 1.79. The molecule has 0 aliphatic carbocycles. The van der Waals surface area contributed by atoms with Gasteiger partial charge < -0.3 is 9.84 Å². The summed E-state index contributed by atoms with van der Waals surface area (Å²) in [5.74, 6) is -0.900. The number of aliphatic carboxylic acids is 1. The molecule has 0 amide bonds. The van der Waals surface area contributed by atoms with Crippen LogP contribution in [0.15, 0.2) is 42.5 Å². The van der Waals surface area contributed by atoms with Gasteiger partial charge in [-0.1, -0.05) is 56.3 Å². The van der Waals surface area contributed by atoms with E-state index < -0.39 is 5.97 Å². The summed E-state index contributed by atoms with van der Waals surface area (Å²) >= 11 is 0. The molecule has 0 spiro atoms. The Morgan fingerprint density at radius 2 is 1.95 bits per heavy atom. The highest BCUT2D eigenvalue weighted by Gasteiger charge is 2.19. The summed E-state index contributed by atoms with van der Waals surface area (Å²) in [6.45, 7) is 4.95. The third kappa shape index (κ3) is 6.20. The van der Waals surface area contributed by atoms with Crippen molar-refractivity contribution >= 4 is 5.97 Å². The van der Waals surface area contributed by atoms with Gasteiger partial charge in [0.15, 0.2) is 0 Å². The molecule has 0 bridgehead atoms. The molecule has 19 heavy (non-hydrogen) atoms. The van der Waals surface area contributed by atoms with E-state index in [0.717, 1.165) is 5.56 Å². The van der Waals surface area contributed by atoms with Gasteiger partial charge in [0.25, 0.3) is 0 Å². The van der Waals surface area contributed by atoms with Crippen LogP contribution < -0.4 is 0 Å². The number of hydrogen-bond donors (Lipinski definition) is 1. The molecule has 0 saturated carbocycles. The highest BCUT2D eigenvalue weighted by molar-refractivity contribution is 5.70. The number of hydrogen-bond acceptors (Lipinski definition) is 2. The number of carboxylic acids is 1. The van der Waals surface area contributed by atoms with Gasteiger partial charge in [-0.3, -0.25) is 4.79 Å². The number of benzene rings is 1. The van der Waals surface area contributed by atoms with Crippen molar-refractivity contribution in [2.45, 2.75) is 26.9 Å². The molecule has 1 N–H and O–H groups in total. The van der Waals surface area contributed by atoms with Crippen molar-refractivity contribution < 1.29 is 14.6 Å². The zero-order valence-electron chi connectivity index (χ0n) is 11.6. The molecular formula is C16H22O3. The summed E-state index contributed by atoms with van der Waals surface area (Å²) in [5, 5.41) is 9.03. The summed E-state index contributed by atoms with van der Waals surface area (Å²) in [5.41, 5.74) is 1.14. The van der Waals surface area contributed by atoms with Crippen LogP contribution in [0.1, 0.15) is 25.8 Å². The van der Waals surface area contributed by atoms with Crippen molar-refractivity contribution in [1.82, 2.24) is 0 Å². The minimum atomic E-state index is -0.732. The largest absolute Gasteiger partial charge is 0.481 e. The molecule has 0 aliphatic heterocycles. The van der Waals surface area contributed by atoms with E-state index in [4.69, 9.17) is 9.84 Å². The third-order valence-electron chi connectivity index (χ3n) is 3.00. The summed E-state index contributed by atoms with van der Waals surface area (Å²) in [6, 6.07) is 9.97. The average Bonchev–Trinajstić information content (AvgIpc) is 2.38. The van der Waals surface area contributed by atoms with Gasteiger partial charge >= 0.3 is 5.97 Å². The summed E-state index contributed by atoms with van der Waals surface area (Å²) in [7, 11) is 0. The summed E-state index contributed by atoms with van der Waals surface area (Å²) < 4.78 is 5.49. The van der Waals surface area contributed by atoms with E-state index >= 15 is 0 Å². The number of rotatable bonds is 8. The van der Waals surface area contributed by atoms with Crippen LogP contribution in [0.5, 0.6) is 0 Å². The van der Waals surface area contributed by atoms with E-state index in [-0.39, 0.29) is 11.8 Å². The highest BCUT2D eigenvalue weighted by Crippen LogP contribution is 2.15. The van der Waals surface area contributed by atoms with E-state index in [0.29, 0.717) is 19.6 Å². The second-order valence-corrected chi connectivity index (χ2v) is 4.90. The first-order chi connectivity index (χ1) is 9.11. The Hall–Kier alpha value is -1.61. The van der Waals surface area contributed by atoms with Gasteiger partial charge in [-0.2, -0.15) is 0 Å². The van der Waals surface area contributed by atoms with Crippen LogP contribution in [0.4, 0.5) is 0 Å². The Morgan fingerprint density at radius 3 is 2.53 bits per heavy atom. The van der Waals surface area contributed by atoms with E-state index in [2.05, 4.69) is 0 Å². The minimum Gasteiger partial charge on any atom is -0.481 e. The quantitative estimate of drug-likeness (QED) is 0.576. The van der Waals surface area contributed by atoms with Crippen LogP contribution in [0.3, 0.4) is 0 Å². The summed E-state index contributed by atoms with van der Waals surface area (Å²) in [6.07, 6.45) is 4.34. The van der Waals surface area contributed by atoms with Crippen LogP contribution in [0.2, 0.25) is 0 Å². The van der Waals surface area contributed by atoms with Crippen LogP contribution in [0, 0.1) is 11.8 Å². The average molecular weight is 262 g/mol. The monoisotopic (exact) mass is 262 g/mol. The molecule has 1 atom stereocenters. The molecular weight excluding hydrogens is 240 g/mol. The van der Waals surface area contributed by atoms with E-state index in [9.17, 15) is 4.79 Å². The molecule has 1 aromatic rings. The molecule has 3 heteroatoms. The molecule has 1 aromatic carbocycles. The fraction of sp³-hybridized carbons (Fsp3) is 0.438. The minimum absolute atomic E-state index is 0.146. The maximum atomic E-state index is 11.0. The maximum Gasteiger partial charge on any atom is 0.307 e. The first-order valence-corrected chi connectivity index (χ1v) is 6.60. The second-order valence-electron chi connectivity index (χ2n) is 4.90. The number of carboxylic acid groups (broad SMARTS) is 1. The van der Waals surface area contributed by atoms with Crippen LogP contribution >= 0.6 is 0 Å². The standard InChI is InChI=1S/C16H22O3/c1-13(2)15(16(17)18)10-6-7-11-19-12-14-8-4-3-5-9-14/h3-9,13,15H,10-12H2,1-2H3,(H,17,18)/b7-6+/t15-/m0/s1. The lowest BCUT2D eigenvalue weighted by Crippen LogP contribution is -2.18. The zero-order valence-corrected chi connectivity index (χ0v) is 11.6. The lowest BCUT2D eigenvalue weighted by Gasteiger charge is -2.13. The van der Waals surface area contributed by atoms with Crippen molar-refractivity contribution in [2.75, 3.05) is 6.61 Å². The maximum absolute atomic E-state index is 11.0. The van der Waals surface area contributed by atoms with Gasteiger partial charge in [0.1, 0.15) is 0 Å². The Labute approximate surface area is 114 Å². The molecule has 0 heterocycles. The molecule has 0 fully saturated rings. The number of carbonyl (C=O) groups is 1. The van der Waals surface area contributed by atoms with E-state index in [1.807, 2.05) is 56.3 Å². The number of allylic oxidation sites excluding steroid dienone is 1. The Bertz CT molecular complexity index is 396. The van der Waals surface area contributed by atoms with Crippen LogP contribution in [-0.2, 0) is 16.1 Å². The lowest BCUT2D eigenvalue weighted by atomic mass is 9.93. The molecule has 0 radical (unpaired) electrons. The van der Waals surface area contributed by atoms with Gasteiger partial charge in [0.2, 0.25) is 0 Å². The molecule has 0 aliphatic rings. The van der Waals surface area contributed by atoms with Gasteiger partial charge in [0, 0.05) is 0 Å². The predicted octanol–water partition coefficient (Wildman–Crippen LogP) is 3.51. The topological polar surface area (TPSA) is 46.5 Å². The van der Waals surface area contributed by atoms with E-state index in [1.54, 1.807) is 0 Å². The van der Waals surface area contributed by atoms with Crippen LogP contribution in [0.25, 0.3) is 0 Å². The van der Waals surface area contributed by atoms with Crippen molar-refractivity contribution in [3.8, 4) is 0 Å². The second kappa shape index (κ2) is 8.48. The fourth-order valence-electron chi connectivity index (χ4n) is 1.79. The van der Waals surface area contributed by atoms with E-state index in [1.165, 1.54) is 0 Å². The van der Waals surface area contributed by atoms with Crippen LogP contribution in [-0.4, -0.2) is 17.7 Å². The van der Waals surface area contributed by atoms with Gasteiger partial charge in [-0.05, 0) is 17.9 Å². The summed E-state index contributed by atoms with van der Waals surface area (Å²) in [4.78, 5) is 11.0. The van der Waals surface area contributed by atoms with Gasteiger partial charge in [-0.15, -0.1) is 0 Å². The smallest absolute Gasteiger partial charge is 0.307 e. The first kappa shape index (κ1) is 15.4. The van der Waals surface area contributed by atoms with Gasteiger partial charge in [0.05, 0.1) is 19.1 Å². The Morgan fingerprint density at radius 1 is 1.26 bits per heavy atom. The molecule has 104 valence electrons. The first-order valence-electron chi connectivity index (χ1n) is 6.60. The Balaban J connectivity index is 2.22. The van der Waals surface area contributed by atoms with Crippen molar-refractivity contribution in [1.29, 1.82) is 0 Å². The third-order valence-corrected chi connectivity index (χ3v) is 3.00. The Kier molecular flexibility index (Phi) is 6.90. The van der Waals surface area contributed by atoms with Gasteiger partial charge in [-0.25, -0.2) is 0 Å². The SMILES string of the molecule is CC(C)[C@H](C/C=C/COCc1ccccc1)C(=O)O. The lowest BCUT2D eigenvalue weighted by molar-refractivity contribution is -0.143. The normalized spacial score (nSPS) is 13.0. The number of ether oxygens (including phenoxy) is 1. The predicted molar refractivity (Wildman–Crippen MR) is 75.8 cm³/mol. The molecule has 0 saturated heterocycles. The highest BCUT2D eigenvalue weighted by atomic mass is 16.5. The van der Waals surface area contributed by atoms with Crippen molar-refractivity contribution in [3.05, 3.63) is 48.0 Å². The van der Waals surface area contributed by atoms with Crippen molar-refractivity contribution in [3.63, 3.8) is 0 Å². The zero-order chi connectivity index (χ0) is 14.1. The molecule has 3 nitrogen and oxygen atoms in total. The molecule has 0 unspecified atom stereocenters.